The van der Waals surface area contributed by atoms with Gasteiger partial charge in [0.25, 0.3) is 0 Å². The SMILES string of the molecule is CC(O)C(C)(C)C.O. The van der Waals surface area contributed by atoms with E-state index in [1.165, 1.54) is 0 Å². The van der Waals surface area contributed by atoms with Crippen molar-refractivity contribution >= 4 is 0 Å². The second-order valence-electron chi connectivity index (χ2n) is 3.04. The van der Waals surface area contributed by atoms with E-state index in [1.54, 1.807) is 6.92 Å². The lowest BCUT2D eigenvalue weighted by Crippen LogP contribution is -2.21. The lowest BCUT2D eigenvalue weighted by atomic mass is 9.91. The molecule has 0 fully saturated rings. The third kappa shape index (κ3) is 4.09. The molecule has 0 saturated carbocycles. The van der Waals surface area contributed by atoms with Crippen LogP contribution in [0.15, 0.2) is 0 Å². The second-order valence-corrected chi connectivity index (χ2v) is 3.04. The average molecular weight is 120 g/mol. The molecule has 0 aromatic rings. The molecule has 1 atom stereocenters. The van der Waals surface area contributed by atoms with E-state index in [0.29, 0.717) is 0 Å². The summed E-state index contributed by atoms with van der Waals surface area (Å²) in [6.07, 6.45) is -0.201. The quantitative estimate of drug-likeness (QED) is 0.499. The molecular weight excluding hydrogens is 104 g/mol. The molecule has 0 bridgehead atoms. The summed E-state index contributed by atoms with van der Waals surface area (Å²) in [6.45, 7) is 7.84. The summed E-state index contributed by atoms with van der Waals surface area (Å²) in [5.41, 5.74) is 0.0556. The summed E-state index contributed by atoms with van der Waals surface area (Å²) in [5, 5.41) is 8.89. The Morgan fingerprint density at radius 2 is 1.38 bits per heavy atom. The number of hydrogen-bond donors (Lipinski definition) is 1. The van der Waals surface area contributed by atoms with Gasteiger partial charge < -0.3 is 10.6 Å². The van der Waals surface area contributed by atoms with Gasteiger partial charge in [0.1, 0.15) is 0 Å². The number of hydrogen-bond acceptors (Lipinski definition) is 1. The van der Waals surface area contributed by atoms with Gasteiger partial charge in [-0.25, -0.2) is 0 Å². The molecule has 0 aliphatic rings. The first-order valence-electron chi connectivity index (χ1n) is 2.62. The molecule has 8 heavy (non-hydrogen) atoms. The minimum absolute atomic E-state index is 0. The monoisotopic (exact) mass is 120 g/mol. The Labute approximate surface area is 50.8 Å². The summed E-state index contributed by atoms with van der Waals surface area (Å²) in [5.74, 6) is 0. The molecule has 0 aromatic heterocycles. The van der Waals surface area contributed by atoms with E-state index in [0.717, 1.165) is 0 Å². The van der Waals surface area contributed by atoms with Crippen molar-refractivity contribution in [3.05, 3.63) is 0 Å². The van der Waals surface area contributed by atoms with Crippen LogP contribution in [0.4, 0.5) is 0 Å². The topological polar surface area (TPSA) is 51.7 Å². The van der Waals surface area contributed by atoms with Crippen molar-refractivity contribution in [2.75, 3.05) is 0 Å². The maximum atomic E-state index is 8.89. The first-order valence-corrected chi connectivity index (χ1v) is 2.62. The van der Waals surface area contributed by atoms with Crippen LogP contribution in [0, 0.1) is 5.41 Å². The van der Waals surface area contributed by atoms with Crippen LogP contribution in [0.1, 0.15) is 27.7 Å². The Hall–Kier alpha value is -0.0800. The van der Waals surface area contributed by atoms with Gasteiger partial charge in [0.2, 0.25) is 0 Å². The third-order valence-electron chi connectivity index (χ3n) is 1.25. The number of rotatable bonds is 0. The van der Waals surface area contributed by atoms with E-state index in [9.17, 15) is 0 Å². The molecule has 0 amide bonds. The normalized spacial score (nSPS) is 14.6. The van der Waals surface area contributed by atoms with E-state index >= 15 is 0 Å². The zero-order chi connectivity index (χ0) is 6.08. The molecule has 0 heterocycles. The van der Waals surface area contributed by atoms with Crippen LogP contribution >= 0.6 is 0 Å². The Balaban J connectivity index is 0. The largest absolute Gasteiger partial charge is 0.412 e. The lowest BCUT2D eigenvalue weighted by Gasteiger charge is -2.21. The van der Waals surface area contributed by atoms with E-state index in [-0.39, 0.29) is 17.0 Å². The Morgan fingerprint density at radius 1 is 1.25 bits per heavy atom. The summed E-state index contributed by atoms with van der Waals surface area (Å²) in [7, 11) is 0. The van der Waals surface area contributed by atoms with Gasteiger partial charge in [0.15, 0.2) is 0 Å². The highest BCUT2D eigenvalue weighted by molar-refractivity contribution is 4.66. The van der Waals surface area contributed by atoms with E-state index in [2.05, 4.69) is 0 Å². The molecule has 1 unspecified atom stereocenters. The molecule has 0 rings (SSSR count). The summed E-state index contributed by atoms with van der Waals surface area (Å²) in [4.78, 5) is 0. The Bertz CT molecular complexity index is 52.0. The molecule has 0 saturated heterocycles. The Morgan fingerprint density at radius 3 is 1.38 bits per heavy atom. The van der Waals surface area contributed by atoms with Crippen LogP contribution in [0.3, 0.4) is 0 Å². The van der Waals surface area contributed by atoms with Crippen molar-refractivity contribution in [1.82, 2.24) is 0 Å². The average Bonchev–Trinajstić information content (AvgIpc) is 1.31. The minimum Gasteiger partial charge on any atom is -0.412 e. The van der Waals surface area contributed by atoms with Crippen LogP contribution in [0.25, 0.3) is 0 Å². The van der Waals surface area contributed by atoms with Gasteiger partial charge in [0, 0.05) is 0 Å². The van der Waals surface area contributed by atoms with Crippen molar-refractivity contribution in [1.29, 1.82) is 0 Å². The molecule has 2 nitrogen and oxygen atoms in total. The van der Waals surface area contributed by atoms with Crippen LogP contribution in [-0.4, -0.2) is 16.7 Å². The molecule has 0 aliphatic carbocycles. The van der Waals surface area contributed by atoms with Gasteiger partial charge in [-0.3, -0.25) is 0 Å². The first-order chi connectivity index (χ1) is 2.94. The van der Waals surface area contributed by atoms with Gasteiger partial charge in [-0.05, 0) is 12.3 Å². The Kier molecular flexibility index (Phi) is 4.12. The fraction of sp³-hybridized carbons (Fsp3) is 1.00. The zero-order valence-corrected chi connectivity index (χ0v) is 6.02. The van der Waals surface area contributed by atoms with E-state index < -0.39 is 0 Å². The molecule has 0 spiro atoms. The van der Waals surface area contributed by atoms with Crippen molar-refractivity contribution in [2.24, 2.45) is 5.41 Å². The number of aliphatic hydroxyl groups is 1. The van der Waals surface area contributed by atoms with Crippen LogP contribution in [0.5, 0.6) is 0 Å². The number of aliphatic hydroxyl groups excluding tert-OH is 1. The van der Waals surface area contributed by atoms with Crippen molar-refractivity contribution < 1.29 is 10.6 Å². The van der Waals surface area contributed by atoms with Crippen molar-refractivity contribution in [2.45, 2.75) is 33.8 Å². The highest BCUT2D eigenvalue weighted by Gasteiger charge is 2.15. The van der Waals surface area contributed by atoms with Crippen molar-refractivity contribution in [3.8, 4) is 0 Å². The predicted molar refractivity (Wildman–Crippen MR) is 34.7 cm³/mol. The highest BCUT2D eigenvalue weighted by Crippen LogP contribution is 2.17. The van der Waals surface area contributed by atoms with Crippen LogP contribution in [-0.2, 0) is 0 Å². The third-order valence-corrected chi connectivity index (χ3v) is 1.25. The maximum absolute atomic E-state index is 8.89. The maximum Gasteiger partial charge on any atom is 0.0560 e. The standard InChI is InChI=1S/C6H14O.H2O/c1-5(7)6(2,3)4;/h5,7H,1-4H3;1H2. The molecule has 3 N–H and O–H groups in total. The first kappa shape index (κ1) is 10.8. The van der Waals surface area contributed by atoms with Crippen LogP contribution < -0.4 is 0 Å². The fourth-order valence-electron chi connectivity index (χ4n) is 0. The van der Waals surface area contributed by atoms with Gasteiger partial charge in [-0.15, -0.1) is 0 Å². The molecule has 0 radical (unpaired) electrons. The molecular formula is C6H16O2. The van der Waals surface area contributed by atoms with Gasteiger partial charge in [-0.1, -0.05) is 20.8 Å². The highest BCUT2D eigenvalue weighted by atomic mass is 16.3. The molecule has 52 valence electrons. The summed E-state index contributed by atoms with van der Waals surface area (Å²) >= 11 is 0. The molecule has 0 aromatic carbocycles. The van der Waals surface area contributed by atoms with E-state index in [1.807, 2.05) is 20.8 Å². The van der Waals surface area contributed by atoms with Gasteiger partial charge >= 0.3 is 0 Å². The smallest absolute Gasteiger partial charge is 0.0560 e. The van der Waals surface area contributed by atoms with Gasteiger partial charge in [0.05, 0.1) is 6.10 Å². The fourth-order valence-corrected chi connectivity index (χ4v) is 0. The lowest BCUT2D eigenvalue weighted by molar-refractivity contribution is 0.0801. The summed E-state index contributed by atoms with van der Waals surface area (Å²) in [6, 6.07) is 0. The second kappa shape index (κ2) is 3.05. The predicted octanol–water partition coefficient (Wildman–Crippen LogP) is 0.589. The molecule has 2 heteroatoms. The van der Waals surface area contributed by atoms with Crippen molar-refractivity contribution in [3.63, 3.8) is 0 Å². The molecule has 0 aliphatic heterocycles. The summed E-state index contributed by atoms with van der Waals surface area (Å²) < 4.78 is 0. The van der Waals surface area contributed by atoms with E-state index in [4.69, 9.17) is 5.11 Å². The minimum atomic E-state index is -0.201. The van der Waals surface area contributed by atoms with Crippen LogP contribution in [0.2, 0.25) is 0 Å². The zero-order valence-electron chi connectivity index (χ0n) is 6.02. The van der Waals surface area contributed by atoms with Gasteiger partial charge in [-0.2, -0.15) is 0 Å².